The van der Waals surface area contributed by atoms with Gasteiger partial charge in [-0.1, -0.05) is 12.1 Å². The average Bonchev–Trinajstić information content (AvgIpc) is 2.97. The molecule has 0 N–H and O–H groups in total. The van der Waals surface area contributed by atoms with E-state index >= 15 is 0 Å². The first-order chi connectivity index (χ1) is 9.66. The Kier molecular flexibility index (Phi) is 3.53. The van der Waals surface area contributed by atoms with Crippen LogP contribution in [0.1, 0.15) is 33.6 Å². The second kappa shape index (κ2) is 5.32. The van der Waals surface area contributed by atoms with Gasteiger partial charge >= 0.3 is 0 Å². The molecule has 20 heavy (non-hydrogen) atoms. The number of carbonyl (C=O) groups is 2. The fourth-order valence-corrected chi connectivity index (χ4v) is 2.88. The molecule has 0 radical (unpaired) electrons. The van der Waals surface area contributed by atoms with Crippen LogP contribution in [0.15, 0.2) is 24.3 Å². The van der Waals surface area contributed by atoms with Crippen molar-refractivity contribution in [2.45, 2.75) is 19.0 Å². The van der Waals surface area contributed by atoms with Gasteiger partial charge in [-0.2, -0.15) is 0 Å². The van der Waals surface area contributed by atoms with Gasteiger partial charge in [0.2, 0.25) is 0 Å². The number of nitrogens with zero attached hydrogens (tertiary/aromatic N) is 2. The number of amides is 2. The summed E-state index contributed by atoms with van der Waals surface area (Å²) in [6, 6.07) is 6.89. The van der Waals surface area contributed by atoms with Crippen molar-refractivity contribution in [3.8, 4) is 0 Å². The molecule has 3 rings (SSSR count). The second-order valence-corrected chi connectivity index (χ2v) is 5.35. The summed E-state index contributed by atoms with van der Waals surface area (Å²) in [5, 5.41) is 0. The van der Waals surface area contributed by atoms with E-state index in [1.165, 1.54) is 4.90 Å². The molecule has 1 aromatic rings. The number of likely N-dealkylation sites (tertiary alicyclic amines) is 1. The van der Waals surface area contributed by atoms with E-state index in [1.807, 2.05) is 4.90 Å². The zero-order valence-corrected chi connectivity index (χ0v) is 11.2. The molecular formula is C15H17FN2O2. The second-order valence-electron chi connectivity index (χ2n) is 5.35. The summed E-state index contributed by atoms with van der Waals surface area (Å²) in [5.74, 6) is -0.425. The van der Waals surface area contributed by atoms with E-state index in [2.05, 4.69) is 0 Å². The average molecular weight is 276 g/mol. The van der Waals surface area contributed by atoms with Gasteiger partial charge in [0, 0.05) is 19.6 Å². The van der Waals surface area contributed by atoms with Gasteiger partial charge in [0.1, 0.15) is 6.17 Å². The molecular weight excluding hydrogens is 259 g/mol. The van der Waals surface area contributed by atoms with E-state index in [4.69, 9.17) is 0 Å². The molecule has 106 valence electrons. The van der Waals surface area contributed by atoms with E-state index in [0.29, 0.717) is 37.1 Å². The first-order valence-corrected chi connectivity index (χ1v) is 6.98. The molecule has 4 nitrogen and oxygen atoms in total. The third kappa shape index (κ3) is 2.33. The summed E-state index contributed by atoms with van der Waals surface area (Å²) in [4.78, 5) is 27.6. The van der Waals surface area contributed by atoms with Gasteiger partial charge in [0.15, 0.2) is 0 Å². The maximum atomic E-state index is 13.0. The molecule has 2 heterocycles. The lowest BCUT2D eigenvalue weighted by Crippen LogP contribution is -2.33. The van der Waals surface area contributed by atoms with Crippen molar-refractivity contribution in [3.05, 3.63) is 35.4 Å². The number of carbonyl (C=O) groups excluding carboxylic acids is 2. The summed E-state index contributed by atoms with van der Waals surface area (Å²) in [7, 11) is 0. The maximum absolute atomic E-state index is 13.0. The molecule has 5 heteroatoms. The lowest BCUT2D eigenvalue weighted by Gasteiger charge is -2.17. The molecule has 1 saturated heterocycles. The molecule has 0 unspecified atom stereocenters. The van der Waals surface area contributed by atoms with Crippen LogP contribution in [0.5, 0.6) is 0 Å². The fraction of sp³-hybridized carbons (Fsp3) is 0.467. The van der Waals surface area contributed by atoms with E-state index < -0.39 is 6.17 Å². The first-order valence-electron chi connectivity index (χ1n) is 6.98. The van der Waals surface area contributed by atoms with E-state index in [-0.39, 0.29) is 11.8 Å². The molecule has 0 aliphatic carbocycles. The van der Waals surface area contributed by atoms with Crippen LogP contribution in [-0.2, 0) is 0 Å². The van der Waals surface area contributed by atoms with Crippen molar-refractivity contribution in [2.75, 3.05) is 26.2 Å². The highest BCUT2D eigenvalue weighted by Gasteiger charge is 2.34. The molecule has 2 amide bonds. The number of hydrogen-bond acceptors (Lipinski definition) is 3. The summed E-state index contributed by atoms with van der Waals surface area (Å²) in [6.07, 6.45) is 0.555. The number of hydrogen-bond donors (Lipinski definition) is 0. The van der Waals surface area contributed by atoms with Crippen LogP contribution < -0.4 is 0 Å². The minimum atomic E-state index is -0.727. The minimum absolute atomic E-state index is 0.213. The standard InChI is InChI=1S/C15H17FN2O2/c16-11-6-9-17(10-11)7-3-8-18-14(19)12-4-1-2-5-13(12)15(18)20/h1-2,4-5,11H,3,6-10H2/t11-/m0/s1. The van der Waals surface area contributed by atoms with Crippen molar-refractivity contribution in [3.63, 3.8) is 0 Å². The predicted octanol–water partition coefficient (Wildman–Crippen LogP) is 1.72. The van der Waals surface area contributed by atoms with Crippen LogP contribution in [0.2, 0.25) is 0 Å². The number of alkyl halides is 1. The van der Waals surface area contributed by atoms with Gasteiger partial charge in [0.05, 0.1) is 11.1 Å². The summed E-state index contributed by atoms with van der Waals surface area (Å²) in [5.41, 5.74) is 0.977. The van der Waals surface area contributed by atoms with Crippen LogP contribution in [-0.4, -0.2) is 54.0 Å². The number of halogens is 1. The van der Waals surface area contributed by atoms with Crippen molar-refractivity contribution in [1.82, 2.24) is 9.80 Å². The molecule has 0 spiro atoms. The Morgan fingerprint density at radius 2 is 1.75 bits per heavy atom. The van der Waals surface area contributed by atoms with Crippen molar-refractivity contribution < 1.29 is 14.0 Å². The molecule has 1 atom stereocenters. The maximum Gasteiger partial charge on any atom is 0.261 e. The van der Waals surface area contributed by atoms with Gasteiger partial charge in [-0.25, -0.2) is 4.39 Å². The zero-order chi connectivity index (χ0) is 14.1. The Bertz CT molecular complexity index is 511. The Hall–Kier alpha value is -1.75. The highest BCUT2D eigenvalue weighted by molar-refractivity contribution is 6.21. The molecule has 0 saturated carbocycles. The molecule has 0 bridgehead atoms. The SMILES string of the molecule is O=C1c2ccccc2C(=O)N1CCCN1CC[C@H](F)C1. The minimum Gasteiger partial charge on any atom is -0.300 e. The Labute approximate surface area is 117 Å². The van der Waals surface area contributed by atoms with E-state index in [1.54, 1.807) is 24.3 Å². The van der Waals surface area contributed by atoms with Crippen LogP contribution in [0.4, 0.5) is 4.39 Å². The van der Waals surface area contributed by atoms with Gasteiger partial charge in [-0.15, -0.1) is 0 Å². The normalized spacial score (nSPS) is 22.6. The fourth-order valence-electron chi connectivity index (χ4n) is 2.88. The number of fused-ring (bicyclic) bond motifs is 1. The topological polar surface area (TPSA) is 40.6 Å². The Morgan fingerprint density at radius 1 is 1.10 bits per heavy atom. The largest absolute Gasteiger partial charge is 0.300 e. The highest BCUT2D eigenvalue weighted by Crippen LogP contribution is 2.22. The van der Waals surface area contributed by atoms with Gasteiger partial charge in [-0.3, -0.25) is 14.5 Å². The molecule has 2 aliphatic rings. The van der Waals surface area contributed by atoms with Crippen molar-refractivity contribution >= 4 is 11.8 Å². The summed E-state index contributed by atoms with van der Waals surface area (Å²) in [6.45, 7) is 2.37. The smallest absolute Gasteiger partial charge is 0.261 e. The van der Waals surface area contributed by atoms with Crippen LogP contribution in [0.25, 0.3) is 0 Å². The number of rotatable bonds is 4. The highest BCUT2D eigenvalue weighted by atomic mass is 19.1. The van der Waals surface area contributed by atoms with Crippen LogP contribution in [0, 0.1) is 0 Å². The van der Waals surface area contributed by atoms with Crippen molar-refractivity contribution in [1.29, 1.82) is 0 Å². The molecule has 0 aromatic heterocycles. The lowest BCUT2D eigenvalue weighted by molar-refractivity contribution is 0.0648. The third-order valence-electron chi connectivity index (χ3n) is 3.95. The summed E-state index contributed by atoms with van der Waals surface area (Å²) < 4.78 is 13.0. The van der Waals surface area contributed by atoms with Gasteiger partial charge in [-0.05, 0) is 31.5 Å². The van der Waals surface area contributed by atoms with E-state index in [0.717, 1.165) is 13.1 Å². The molecule has 2 aliphatic heterocycles. The van der Waals surface area contributed by atoms with Crippen molar-refractivity contribution in [2.24, 2.45) is 0 Å². The molecule has 1 aromatic carbocycles. The molecule has 1 fully saturated rings. The number of imide groups is 1. The first kappa shape index (κ1) is 13.2. The summed E-state index contributed by atoms with van der Waals surface area (Å²) >= 11 is 0. The lowest BCUT2D eigenvalue weighted by atomic mass is 10.1. The monoisotopic (exact) mass is 276 g/mol. The van der Waals surface area contributed by atoms with Gasteiger partial charge in [0.25, 0.3) is 11.8 Å². The van der Waals surface area contributed by atoms with Crippen LogP contribution >= 0.6 is 0 Å². The quantitative estimate of drug-likeness (QED) is 0.786. The number of benzene rings is 1. The van der Waals surface area contributed by atoms with Gasteiger partial charge < -0.3 is 4.90 Å². The zero-order valence-electron chi connectivity index (χ0n) is 11.2. The Balaban J connectivity index is 1.57. The predicted molar refractivity (Wildman–Crippen MR) is 72.4 cm³/mol. The Morgan fingerprint density at radius 3 is 2.30 bits per heavy atom. The third-order valence-corrected chi connectivity index (χ3v) is 3.95. The van der Waals surface area contributed by atoms with E-state index in [9.17, 15) is 14.0 Å². The van der Waals surface area contributed by atoms with Crippen LogP contribution in [0.3, 0.4) is 0 Å².